The van der Waals surface area contributed by atoms with Crippen molar-refractivity contribution in [3.05, 3.63) is 65.2 Å². The molecule has 4 rings (SSSR count). The van der Waals surface area contributed by atoms with Gasteiger partial charge in [0, 0.05) is 23.9 Å². The molecule has 2 amide bonds. The first kappa shape index (κ1) is 21.5. The fraction of sp³-hybridized carbons (Fsp3) is 0.292. The van der Waals surface area contributed by atoms with Gasteiger partial charge in [0.2, 0.25) is 5.91 Å². The van der Waals surface area contributed by atoms with Gasteiger partial charge in [0.25, 0.3) is 5.91 Å². The number of hydrogen-bond donors (Lipinski definition) is 2. The summed E-state index contributed by atoms with van der Waals surface area (Å²) in [4.78, 5) is 24.7. The van der Waals surface area contributed by atoms with Gasteiger partial charge < -0.3 is 15.4 Å². The van der Waals surface area contributed by atoms with Crippen molar-refractivity contribution in [2.75, 3.05) is 17.7 Å². The lowest BCUT2D eigenvalue weighted by molar-refractivity contribution is -0.114. The van der Waals surface area contributed by atoms with Crippen LogP contribution in [0.15, 0.2) is 42.5 Å². The number of benzene rings is 2. The van der Waals surface area contributed by atoms with Crippen LogP contribution in [0.4, 0.5) is 15.8 Å². The first-order chi connectivity index (χ1) is 15.5. The molecule has 1 aliphatic rings. The molecule has 3 aromatic rings. The van der Waals surface area contributed by atoms with E-state index in [0.29, 0.717) is 28.5 Å². The molecule has 2 aromatic carbocycles. The Hall–Kier alpha value is -3.68. The maximum atomic E-state index is 13.4. The van der Waals surface area contributed by atoms with E-state index in [-0.39, 0.29) is 17.6 Å². The lowest BCUT2D eigenvalue weighted by Gasteiger charge is -2.12. The van der Waals surface area contributed by atoms with E-state index in [0.717, 1.165) is 43.4 Å². The summed E-state index contributed by atoms with van der Waals surface area (Å²) in [5.74, 6) is -0.425. The van der Waals surface area contributed by atoms with Gasteiger partial charge in [0.15, 0.2) is 5.69 Å². The number of halogens is 1. The maximum absolute atomic E-state index is 13.4. The molecule has 2 N–H and O–H groups in total. The molecule has 0 saturated heterocycles. The van der Waals surface area contributed by atoms with Crippen LogP contribution in [0.3, 0.4) is 0 Å². The smallest absolute Gasteiger partial charge is 0.276 e. The Kier molecular flexibility index (Phi) is 6.20. The summed E-state index contributed by atoms with van der Waals surface area (Å²) in [5, 5.41) is 10.2. The predicted octanol–water partition coefficient (Wildman–Crippen LogP) is 4.50. The van der Waals surface area contributed by atoms with Crippen LogP contribution in [-0.4, -0.2) is 28.7 Å². The van der Waals surface area contributed by atoms with Crippen LogP contribution >= 0.6 is 0 Å². The topological polar surface area (TPSA) is 85.2 Å². The fourth-order valence-electron chi connectivity index (χ4n) is 4.02. The molecule has 0 bridgehead atoms. The van der Waals surface area contributed by atoms with E-state index in [1.54, 1.807) is 35.0 Å². The summed E-state index contributed by atoms with van der Waals surface area (Å²) >= 11 is 0. The van der Waals surface area contributed by atoms with Crippen molar-refractivity contribution in [1.29, 1.82) is 0 Å². The van der Waals surface area contributed by atoms with Gasteiger partial charge in [0.05, 0.1) is 18.5 Å². The van der Waals surface area contributed by atoms with E-state index in [4.69, 9.17) is 4.74 Å². The van der Waals surface area contributed by atoms with Gasteiger partial charge in [0.1, 0.15) is 11.6 Å². The minimum absolute atomic E-state index is 0.212. The Labute approximate surface area is 185 Å². The summed E-state index contributed by atoms with van der Waals surface area (Å²) in [6, 6.07) is 11.1. The summed E-state index contributed by atoms with van der Waals surface area (Å²) in [5.41, 5.74) is 3.94. The molecule has 0 radical (unpaired) electrons. The molecule has 7 nitrogen and oxygen atoms in total. The highest BCUT2D eigenvalue weighted by Gasteiger charge is 2.25. The zero-order chi connectivity index (χ0) is 22.7. The van der Waals surface area contributed by atoms with Crippen molar-refractivity contribution in [3.63, 3.8) is 0 Å². The Morgan fingerprint density at radius 1 is 1.03 bits per heavy atom. The van der Waals surface area contributed by atoms with Crippen LogP contribution in [0.2, 0.25) is 0 Å². The van der Waals surface area contributed by atoms with Crippen LogP contribution in [0.25, 0.3) is 5.69 Å². The largest absolute Gasteiger partial charge is 0.495 e. The van der Waals surface area contributed by atoms with Gasteiger partial charge in [-0.25, -0.2) is 9.07 Å². The summed E-state index contributed by atoms with van der Waals surface area (Å²) in [7, 11) is 1.51. The highest BCUT2D eigenvalue weighted by molar-refractivity contribution is 6.05. The van der Waals surface area contributed by atoms with Crippen molar-refractivity contribution in [2.45, 2.75) is 39.0 Å². The van der Waals surface area contributed by atoms with Crippen LogP contribution in [0.5, 0.6) is 5.75 Å². The third kappa shape index (κ3) is 4.49. The standard InChI is InChI=1S/C24H25FN4O3/c1-15(30)26-17-10-13-22(32-2)20(14-17)27-24(31)23-19-6-4-3-5-7-21(19)29(28-23)18-11-8-16(25)9-12-18/h8-14H,3-7H2,1-2H3,(H,26,30)(H,27,31). The second-order valence-corrected chi connectivity index (χ2v) is 7.77. The zero-order valence-electron chi connectivity index (χ0n) is 18.1. The van der Waals surface area contributed by atoms with E-state index < -0.39 is 0 Å². The number of methoxy groups -OCH3 is 1. The first-order valence-electron chi connectivity index (χ1n) is 10.6. The Morgan fingerprint density at radius 2 is 1.78 bits per heavy atom. The predicted molar refractivity (Wildman–Crippen MR) is 120 cm³/mol. The monoisotopic (exact) mass is 436 g/mol. The quantitative estimate of drug-likeness (QED) is 0.577. The van der Waals surface area contributed by atoms with Crippen molar-refractivity contribution < 1.29 is 18.7 Å². The number of aromatic nitrogens is 2. The van der Waals surface area contributed by atoms with Crippen molar-refractivity contribution in [1.82, 2.24) is 9.78 Å². The molecule has 0 unspecified atom stereocenters. The number of fused-ring (bicyclic) bond motifs is 1. The minimum Gasteiger partial charge on any atom is -0.495 e. The number of hydrogen-bond acceptors (Lipinski definition) is 4. The number of nitrogens with zero attached hydrogens (tertiary/aromatic N) is 2. The van der Waals surface area contributed by atoms with Crippen LogP contribution in [0, 0.1) is 5.82 Å². The third-order valence-electron chi connectivity index (χ3n) is 5.48. The van der Waals surface area contributed by atoms with Gasteiger partial charge in [-0.05, 0) is 68.1 Å². The first-order valence-corrected chi connectivity index (χ1v) is 10.6. The summed E-state index contributed by atoms with van der Waals surface area (Å²) in [6.07, 6.45) is 4.61. The molecule has 0 saturated carbocycles. The second-order valence-electron chi connectivity index (χ2n) is 7.77. The normalized spacial score (nSPS) is 13.1. The number of carbonyl (C=O) groups is 2. The van der Waals surface area contributed by atoms with E-state index in [1.165, 1.54) is 26.2 Å². The van der Waals surface area contributed by atoms with Gasteiger partial charge in [-0.1, -0.05) is 6.42 Å². The Balaban J connectivity index is 1.71. The van der Waals surface area contributed by atoms with Gasteiger partial charge >= 0.3 is 0 Å². The van der Waals surface area contributed by atoms with Gasteiger partial charge in [-0.2, -0.15) is 5.10 Å². The average molecular weight is 436 g/mol. The highest BCUT2D eigenvalue weighted by atomic mass is 19.1. The molecular formula is C24H25FN4O3. The van der Waals surface area contributed by atoms with Crippen LogP contribution in [0.1, 0.15) is 47.9 Å². The van der Waals surface area contributed by atoms with E-state index >= 15 is 0 Å². The summed E-state index contributed by atoms with van der Waals surface area (Å²) < 4.78 is 20.6. The number of amides is 2. The van der Waals surface area contributed by atoms with Crippen molar-refractivity contribution in [3.8, 4) is 11.4 Å². The maximum Gasteiger partial charge on any atom is 0.276 e. The SMILES string of the molecule is COc1ccc(NC(C)=O)cc1NC(=O)c1nn(-c2ccc(F)cc2)c2c1CCCCC2. The number of ether oxygens (including phenoxy) is 1. The molecule has 1 aliphatic carbocycles. The highest BCUT2D eigenvalue weighted by Crippen LogP contribution is 2.30. The number of rotatable bonds is 5. The average Bonchev–Trinajstić information content (AvgIpc) is 2.95. The third-order valence-corrected chi connectivity index (χ3v) is 5.48. The number of nitrogens with one attached hydrogen (secondary N) is 2. The lowest BCUT2D eigenvalue weighted by Crippen LogP contribution is -2.16. The molecule has 0 fully saturated rings. The van der Waals surface area contributed by atoms with Crippen molar-refractivity contribution in [2.24, 2.45) is 0 Å². The van der Waals surface area contributed by atoms with Gasteiger partial charge in [-0.3, -0.25) is 9.59 Å². The molecule has 0 aliphatic heterocycles. The number of carbonyl (C=O) groups excluding carboxylic acids is 2. The molecule has 1 heterocycles. The van der Waals surface area contributed by atoms with Crippen LogP contribution in [-0.2, 0) is 17.6 Å². The molecule has 0 spiro atoms. The lowest BCUT2D eigenvalue weighted by atomic mass is 10.1. The van der Waals surface area contributed by atoms with Crippen molar-refractivity contribution >= 4 is 23.2 Å². The molecule has 166 valence electrons. The molecule has 32 heavy (non-hydrogen) atoms. The van der Waals surface area contributed by atoms with E-state index in [2.05, 4.69) is 15.7 Å². The zero-order valence-corrected chi connectivity index (χ0v) is 18.1. The molecule has 8 heteroatoms. The number of anilines is 2. The Bertz CT molecular complexity index is 1150. The van der Waals surface area contributed by atoms with Gasteiger partial charge in [-0.15, -0.1) is 0 Å². The fourth-order valence-corrected chi connectivity index (χ4v) is 4.02. The molecule has 1 aromatic heterocycles. The second kappa shape index (κ2) is 9.21. The molecule has 0 atom stereocenters. The van der Waals surface area contributed by atoms with E-state index in [1.807, 2.05) is 0 Å². The molecular weight excluding hydrogens is 411 g/mol. The minimum atomic E-state index is -0.359. The summed E-state index contributed by atoms with van der Waals surface area (Å²) in [6.45, 7) is 1.42. The van der Waals surface area contributed by atoms with E-state index in [9.17, 15) is 14.0 Å². The Morgan fingerprint density at radius 3 is 2.50 bits per heavy atom. The van der Waals surface area contributed by atoms with Crippen LogP contribution < -0.4 is 15.4 Å².